The average Bonchev–Trinajstić information content (AvgIpc) is 2.61. The van der Waals surface area contributed by atoms with E-state index in [1.54, 1.807) is 6.07 Å². The fourth-order valence-electron chi connectivity index (χ4n) is 2.65. The molecule has 0 bridgehead atoms. The van der Waals surface area contributed by atoms with Gasteiger partial charge < -0.3 is 9.47 Å². The lowest BCUT2D eigenvalue weighted by Crippen LogP contribution is -2.44. The van der Waals surface area contributed by atoms with Crippen molar-refractivity contribution in [3.63, 3.8) is 0 Å². The number of rotatable bonds is 5. The zero-order valence-corrected chi connectivity index (χ0v) is 14.0. The first-order valence-electron chi connectivity index (χ1n) is 7.87. The molecule has 1 atom stereocenters. The Hall–Kier alpha value is -1.95. The van der Waals surface area contributed by atoms with E-state index < -0.39 is 5.97 Å². The first kappa shape index (κ1) is 16.9. The number of ether oxygens (including phenoxy) is 2. The van der Waals surface area contributed by atoms with Gasteiger partial charge in [0.15, 0.2) is 0 Å². The Labute approximate surface area is 146 Å². The van der Waals surface area contributed by atoms with E-state index in [2.05, 4.69) is 22.0 Å². The van der Waals surface area contributed by atoms with Crippen LogP contribution in [0.3, 0.4) is 0 Å². The number of hydrogen-bond donors (Lipinski definition) is 0. The molecule has 0 saturated carbocycles. The monoisotopic (exact) mass is 346 g/mol. The van der Waals surface area contributed by atoms with Gasteiger partial charge >= 0.3 is 5.97 Å². The molecule has 1 saturated heterocycles. The Morgan fingerprint density at radius 2 is 2.17 bits per heavy atom. The normalized spacial score (nSPS) is 18.3. The van der Waals surface area contributed by atoms with Gasteiger partial charge in [0.1, 0.15) is 12.7 Å². The zero-order valence-electron chi connectivity index (χ0n) is 13.2. The van der Waals surface area contributed by atoms with Crippen LogP contribution < -0.4 is 0 Å². The first-order valence-corrected chi connectivity index (χ1v) is 8.24. The van der Waals surface area contributed by atoms with Crippen molar-refractivity contribution in [2.45, 2.75) is 12.6 Å². The fourth-order valence-corrected chi connectivity index (χ4v) is 2.85. The number of morpholine rings is 1. The highest BCUT2D eigenvalue weighted by Crippen LogP contribution is 2.16. The summed E-state index contributed by atoms with van der Waals surface area (Å²) in [6.45, 7) is 3.31. The predicted molar refractivity (Wildman–Crippen MR) is 91.0 cm³/mol. The molecule has 2 heterocycles. The minimum Gasteiger partial charge on any atom is -0.459 e. The maximum absolute atomic E-state index is 12.1. The van der Waals surface area contributed by atoms with Crippen LogP contribution >= 0.6 is 11.6 Å². The standard InChI is InChI=1S/C18H19ClN2O3/c19-17-10-20-7-6-16(17)18(22)24-13-15-12-21(8-9-23-15)11-14-4-2-1-3-5-14/h1-7,10,15H,8-9,11-13H2/t15-/m1/s1. The largest absolute Gasteiger partial charge is 0.459 e. The summed E-state index contributed by atoms with van der Waals surface area (Å²) >= 11 is 5.95. The van der Waals surface area contributed by atoms with E-state index in [1.807, 2.05) is 18.2 Å². The van der Waals surface area contributed by atoms with Gasteiger partial charge in [-0.15, -0.1) is 0 Å². The predicted octanol–water partition coefficient (Wildman–Crippen LogP) is 2.79. The van der Waals surface area contributed by atoms with E-state index in [0.717, 1.165) is 19.6 Å². The lowest BCUT2D eigenvalue weighted by molar-refractivity contribution is -0.0612. The molecule has 1 aliphatic heterocycles. The Kier molecular flexibility index (Phi) is 5.80. The topological polar surface area (TPSA) is 51.7 Å². The van der Waals surface area contributed by atoms with E-state index in [1.165, 1.54) is 18.0 Å². The molecule has 1 aromatic carbocycles. The summed E-state index contributed by atoms with van der Waals surface area (Å²) in [7, 11) is 0. The van der Waals surface area contributed by atoms with Crippen LogP contribution in [0, 0.1) is 0 Å². The third-order valence-electron chi connectivity index (χ3n) is 3.86. The molecule has 1 aromatic heterocycles. The Morgan fingerprint density at radius 3 is 2.96 bits per heavy atom. The molecule has 0 N–H and O–H groups in total. The molecule has 0 unspecified atom stereocenters. The van der Waals surface area contributed by atoms with Crippen molar-refractivity contribution in [2.24, 2.45) is 0 Å². The van der Waals surface area contributed by atoms with Crippen molar-refractivity contribution >= 4 is 17.6 Å². The number of carbonyl (C=O) groups excluding carboxylic acids is 1. The van der Waals surface area contributed by atoms with Crippen LogP contribution in [-0.4, -0.2) is 48.3 Å². The third kappa shape index (κ3) is 4.54. The van der Waals surface area contributed by atoms with E-state index in [9.17, 15) is 4.79 Å². The molecule has 5 nitrogen and oxygen atoms in total. The summed E-state index contributed by atoms with van der Waals surface area (Å²) in [5.41, 5.74) is 1.59. The van der Waals surface area contributed by atoms with Gasteiger partial charge in [-0.25, -0.2) is 4.79 Å². The lowest BCUT2D eigenvalue weighted by atomic mass is 10.2. The van der Waals surface area contributed by atoms with Gasteiger partial charge in [-0.2, -0.15) is 0 Å². The van der Waals surface area contributed by atoms with Gasteiger partial charge in [-0.3, -0.25) is 9.88 Å². The minimum atomic E-state index is -0.453. The number of esters is 1. The van der Waals surface area contributed by atoms with Crippen LogP contribution in [-0.2, 0) is 16.0 Å². The van der Waals surface area contributed by atoms with Gasteiger partial charge in [-0.05, 0) is 11.6 Å². The number of benzene rings is 1. The Bertz CT molecular complexity index is 681. The van der Waals surface area contributed by atoms with Crippen molar-refractivity contribution in [3.8, 4) is 0 Å². The smallest absolute Gasteiger partial charge is 0.339 e. The van der Waals surface area contributed by atoms with Crippen LogP contribution in [0.25, 0.3) is 0 Å². The van der Waals surface area contributed by atoms with E-state index in [4.69, 9.17) is 21.1 Å². The van der Waals surface area contributed by atoms with Gasteiger partial charge in [0.2, 0.25) is 0 Å². The number of hydrogen-bond acceptors (Lipinski definition) is 5. The summed E-state index contributed by atoms with van der Waals surface area (Å²) in [5.74, 6) is -0.453. The van der Waals surface area contributed by atoms with Crippen molar-refractivity contribution < 1.29 is 14.3 Å². The van der Waals surface area contributed by atoms with Crippen LogP contribution in [0.2, 0.25) is 5.02 Å². The molecule has 1 aliphatic rings. The number of halogens is 1. The number of carbonyl (C=O) groups is 1. The van der Waals surface area contributed by atoms with Crippen LogP contribution in [0.4, 0.5) is 0 Å². The molecule has 2 aromatic rings. The second-order valence-electron chi connectivity index (χ2n) is 5.67. The molecular formula is C18H19ClN2O3. The molecule has 0 radical (unpaired) electrons. The summed E-state index contributed by atoms with van der Waals surface area (Å²) in [5, 5.41) is 0.290. The second kappa shape index (κ2) is 8.24. The maximum Gasteiger partial charge on any atom is 0.339 e. The van der Waals surface area contributed by atoms with E-state index in [0.29, 0.717) is 12.2 Å². The van der Waals surface area contributed by atoms with Crippen LogP contribution in [0.5, 0.6) is 0 Å². The number of nitrogens with zero attached hydrogens (tertiary/aromatic N) is 2. The molecule has 1 fully saturated rings. The van der Waals surface area contributed by atoms with Crippen molar-refractivity contribution in [1.29, 1.82) is 0 Å². The minimum absolute atomic E-state index is 0.132. The third-order valence-corrected chi connectivity index (χ3v) is 4.17. The Balaban J connectivity index is 1.50. The van der Waals surface area contributed by atoms with E-state index in [-0.39, 0.29) is 17.7 Å². The van der Waals surface area contributed by atoms with Crippen molar-refractivity contribution in [3.05, 3.63) is 64.9 Å². The van der Waals surface area contributed by atoms with Gasteiger partial charge in [0.25, 0.3) is 0 Å². The first-order chi connectivity index (χ1) is 11.7. The van der Waals surface area contributed by atoms with Crippen molar-refractivity contribution in [2.75, 3.05) is 26.3 Å². The summed E-state index contributed by atoms with van der Waals surface area (Å²) in [6, 6.07) is 11.8. The zero-order chi connectivity index (χ0) is 16.8. The second-order valence-corrected chi connectivity index (χ2v) is 6.07. The van der Waals surface area contributed by atoms with E-state index >= 15 is 0 Å². The molecular weight excluding hydrogens is 328 g/mol. The molecule has 0 spiro atoms. The molecule has 0 amide bonds. The maximum atomic E-state index is 12.1. The molecule has 0 aliphatic carbocycles. The number of pyridine rings is 1. The number of aromatic nitrogens is 1. The molecule has 24 heavy (non-hydrogen) atoms. The van der Waals surface area contributed by atoms with Crippen LogP contribution in [0.1, 0.15) is 15.9 Å². The molecule has 126 valence electrons. The summed E-state index contributed by atoms with van der Waals surface area (Å²) in [6.07, 6.45) is 2.81. The SMILES string of the molecule is O=C(OC[C@H]1CN(Cc2ccccc2)CCO1)c1ccncc1Cl. The molecule has 3 rings (SSSR count). The quantitative estimate of drug-likeness (QED) is 0.779. The summed E-state index contributed by atoms with van der Waals surface area (Å²) < 4.78 is 11.0. The lowest BCUT2D eigenvalue weighted by Gasteiger charge is -2.32. The van der Waals surface area contributed by atoms with Gasteiger partial charge in [0.05, 0.1) is 17.2 Å². The average molecular weight is 347 g/mol. The highest BCUT2D eigenvalue weighted by Gasteiger charge is 2.22. The van der Waals surface area contributed by atoms with Gasteiger partial charge in [-0.1, -0.05) is 41.9 Å². The van der Waals surface area contributed by atoms with Crippen molar-refractivity contribution in [1.82, 2.24) is 9.88 Å². The highest BCUT2D eigenvalue weighted by molar-refractivity contribution is 6.33. The van der Waals surface area contributed by atoms with Crippen LogP contribution in [0.15, 0.2) is 48.8 Å². The summed E-state index contributed by atoms with van der Waals surface area (Å²) in [4.78, 5) is 18.2. The fraction of sp³-hybridized carbons (Fsp3) is 0.333. The van der Waals surface area contributed by atoms with Gasteiger partial charge in [0, 0.05) is 32.0 Å². The highest BCUT2D eigenvalue weighted by atomic mass is 35.5. The molecule has 6 heteroatoms. The Morgan fingerprint density at radius 1 is 1.33 bits per heavy atom.